The summed E-state index contributed by atoms with van der Waals surface area (Å²) in [6.07, 6.45) is 0. The highest BCUT2D eigenvalue weighted by Gasteiger charge is 2.31. The lowest BCUT2D eigenvalue weighted by Crippen LogP contribution is -2.35. The van der Waals surface area contributed by atoms with Crippen LogP contribution < -0.4 is 0 Å². The van der Waals surface area contributed by atoms with Gasteiger partial charge in [0.1, 0.15) is 0 Å². The molecule has 0 aromatic heterocycles. The van der Waals surface area contributed by atoms with Gasteiger partial charge in [0.2, 0.25) is 0 Å². The second-order valence-corrected chi connectivity index (χ2v) is 3.25. The Kier molecular flexibility index (Phi) is 3.68. The summed E-state index contributed by atoms with van der Waals surface area (Å²) < 4.78 is 0. The lowest BCUT2D eigenvalue weighted by atomic mass is 10.4. The Morgan fingerprint density at radius 2 is 2.27 bits per heavy atom. The number of nitrogens with zero attached hydrogens (tertiary/aromatic N) is 2. The van der Waals surface area contributed by atoms with Crippen LogP contribution in [0.5, 0.6) is 0 Å². The Labute approximate surface area is 87.7 Å². The molecule has 1 heterocycles. The van der Waals surface area contributed by atoms with Gasteiger partial charge in [-0.25, -0.2) is 9.59 Å². The Hall–Kier alpha value is -1.56. The van der Waals surface area contributed by atoms with E-state index in [1.807, 2.05) is 0 Å². The third kappa shape index (κ3) is 2.69. The van der Waals surface area contributed by atoms with E-state index in [2.05, 4.69) is 6.58 Å². The number of amides is 2. The maximum absolute atomic E-state index is 11.5. The fourth-order valence-corrected chi connectivity index (χ4v) is 1.15. The summed E-state index contributed by atoms with van der Waals surface area (Å²) in [6, 6.07) is -0.404. The van der Waals surface area contributed by atoms with Crippen LogP contribution in [0.2, 0.25) is 0 Å². The lowest BCUT2D eigenvalue weighted by molar-refractivity contribution is -0.168. The molecule has 0 atom stereocenters. The number of hydroxylamine groups is 2. The minimum Gasteiger partial charge on any atom is -0.395 e. The summed E-state index contributed by atoms with van der Waals surface area (Å²) in [7, 11) is 0. The SMILES string of the molecule is C=C(C)C(=O)ON1CCN(CCO)C1=O. The summed E-state index contributed by atoms with van der Waals surface area (Å²) in [5.74, 6) is -0.616. The molecule has 1 aliphatic heterocycles. The van der Waals surface area contributed by atoms with Crippen molar-refractivity contribution >= 4 is 12.0 Å². The molecule has 1 N–H and O–H groups in total. The molecule has 0 aromatic carbocycles. The van der Waals surface area contributed by atoms with E-state index in [-0.39, 0.29) is 18.7 Å². The molecule has 0 saturated carbocycles. The van der Waals surface area contributed by atoms with Gasteiger partial charge in [-0.3, -0.25) is 0 Å². The van der Waals surface area contributed by atoms with Gasteiger partial charge in [0.15, 0.2) is 0 Å². The molecule has 6 nitrogen and oxygen atoms in total. The van der Waals surface area contributed by atoms with Crippen molar-refractivity contribution in [2.75, 3.05) is 26.2 Å². The lowest BCUT2D eigenvalue weighted by Gasteiger charge is -2.16. The fraction of sp³-hybridized carbons (Fsp3) is 0.556. The molecule has 1 fully saturated rings. The highest BCUT2D eigenvalue weighted by atomic mass is 16.7. The maximum Gasteiger partial charge on any atom is 0.358 e. The van der Waals surface area contributed by atoms with Gasteiger partial charge < -0.3 is 14.8 Å². The number of hydrogen-bond donors (Lipinski definition) is 1. The average molecular weight is 214 g/mol. The van der Waals surface area contributed by atoms with E-state index in [0.717, 1.165) is 5.06 Å². The number of carbonyl (C=O) groups excluding carboxylic acids is 2. The number of hydrogen-bond acceptors (Lipinski definition) is 4. The largest absolute Gasteiger partial charge is 0.395 e. The Balaban J connectivity index is 2.49. The molecule has 6 heteroatoms. The Bertz CT molecular complexity index is 290. The zero-order valence-corrected chi connectivity index (χ0v) is 8.60. The van der Waals surface area contributed by atoms with E-state index in [1.54, 1.807) is 0 Å². The van der Waals surface area contributed by atoms with E-state index < -0.39 is 12.0 Å². The zero-order chi connectivity index (χ0) is 11.4. The van der Waals surface area contributed by atoms with Crippen molar-refractivity contribution < 1.29 is 19.5 Å². The molecule has 0 aliphatic carbocycles. The van der Waals surface area contributed by atoms with Crippen molar-refractivity contribution in [3.05, 3.63) is 12.2 Å². The van der Waals surface area contributed by atoms with Crippen LogP contribution in [0.4, 0.5) is 4.79 Å². The summed E-state index contributed by atoms with van der Waals surface area (Å²) in [6.45, 7) is 5.83. The number of urea groups is 1. The molecule has 0 spiro atoms. The number of aliphatic hydroxyl groups is 1. The molecular formula is C9H14N2O4. The van der Waals surface area contributed by atoms with Crippen LogP contribution in [0.25, 0.3) is 0 Å². The van der Waals surface area contributed by atoms with Crippen molar-refractivity contribution in [3.63, 3.8) is 0 Å². The summed E-state index contributed by atoms with van der Waals surface area (Å²) in [5.41, 5.74) is 0.239. The zero-order valence-electron chi connectivity index (χ0n) is 8.60. The average Bonchev–Trinajstić information content (AvgIpc) is 2.50. The topological polar surface area (TPSA) is 70.1 Å². The first-order valence-electron chi connectivity index (χ1n) is 4.61. The fourth-order valence-electron chi connectivity index (χ4n) is 1.15. The van der Waals surface area contributed by atoms with E-state index in [4.69, 9.17) is 9.94 Å². The van der Waals surface area contributed by atoms with E-state index in [0.29, 0.717) is 13.1 Å². The third-order valence-electron chi connectivity index (χ3n) is 1.97. The van der Waals surface area contributed by atoms with Crippen LogP contribution in [-0.4, -0.2) is 53.3 Å². The van der Waals surface area contributed by atoms with Crippen molar-refractivity contribution in [3.8, 4) is 0 Å². The highest BCUT2D eigenvalue weighted by Crippen LogP contribution is 2.09. The van der Waals surface area contributed by atoms with Crippen molar-refractivity contribution in [1.82, 2.24) is 9.96 Å². The predicted molar refractivity (Wildman–Crippen MR) is 51.7 cm³/mol. The van der Waals surface area contributed by atoms with Gasteiger partial charge in [-0.15, -0.1) is 0 Å². The summed E-state index contributed by atoms with van der Waals surface area (Å²) in [4.78, 5) is 28.8. The van der Waals surface area contributed by atoms with Gasteiger partial charge in [-0.05, 0) is 6.92 Å². The van der Waals surface area contributed by atoms with Gasteiger partial charge in [0, 0.05) is 18.7 Å². The molecule has 0 aromatic rings. The molecule has 0 radical (unpaired) electrons. The quantitative estimate of drug-likeness (QED) is 0.655. The molecule has 15 heavy (non-hydrogen) atoms. The molecular weight excluding hydrogens is 200 g/mol. The van der Waals surface area contributed by atoms with Crippen molar-refractivity contribution in [2.24, 2.45) is 0 Å². The molecule has 0 unspecified atom stereocenters. The third-order valence-corrected chi connectivity index (χ3v) is 1.97. The van der Waals surface area contributed by atoms with Gasteiger partial charge in [-0.1, -0.05) is 6.58 Å². The van der Waals surface area contributed by atoms with Crippen LogP contribution in [0.3, 0.4) is 0 Å². The molecule has 0 bridgehead atoms. The number of carbonyl (C=O) groups is 2. The van der Waals surface area contributed by atoms with Crippen LogP contribution in [0.1, 0.15) is 6.92 Å². The van der Waals surface area contributed by atoms with Gasteiger partial charge in [0.05, 0.1) is 13.2 Å². The summed E-state index contributed by atoms with van der Waals surface area (Å²) >= 11 is 0. The van der Waals surface area contributed by atoms with Gasteiger partial charge >= 0.3 is 12.0 Å². The molecule has 84 valence electrons. The number of rotatable bonds is 4. The number of aliphatic hydroxyl groups excluding tert-OH is 1. The minimum absolute atomic E-state index is 0.103. The Morgan fingerprint density at radius 1 is 1.60 bits per heavy atom. The first kappa shape index (κ1) is 11.5. The Morgan fingerprint density at radius 3 is 2.80 bits per heavy atom. The molecule has 2 amide bonds. The van der Waals surface area contributed by atoms with Crippen LogP contribution in [0, 0.1) is 0 Å². The van der Waals surface area contributed by atoms with Crippen LogP contribution >= 0.6 is 0 Å². The summed E-state index contributed by atoms with van der Waals surface area (Å²) in [5, 5.41) is 9.65. The molecule has 1 aliphatic rings. The highest BCUT2D eigenvalue weighted by molar-refractivity contribution is 5.88. The van der Waals surface area contributed by atoms with Crippen molar-refractivity contribution in [1.29, 1.82) is 0 Å². The minimum atomic E-state index is -0.616. The second kappa shape index (κ2) is 4.79. The van der Waals surface area contributed by atoms with Gasteiger partial charge in [0.25, 0.3) is 0 Å². The standard InChI is InChI=1S/C9H14N2O4/c1-7(2)8(13)15-11-4-3-10(5-6-12)9(11)14/h12H,1,3-6H2,2H3. The van der Waals surface area contributed by atoms with Gasteiger partial charge in [-0.2, -0.15) is 5.06 Å². The van der Waals surface area contributed by atoms with E-state index >= 15 is 0 Å². The monoisotopic (exact) mass is 214 g/mol. The van der Waals surface area contributed by atoms with Crippen molar-refractivity contribution in [2.45, 2.75) is 6.92 Å². The predicted octanol–water partition coefficient (Wildman–Crippen LogP) is -0.249. The number of β-amino-alcohol motifs (C(OH)–C–C–N with tert-alkyl or cyclic N) is 1. The first-order chi connectivity index (χ1) is 7.06. The first-order valence-corrected chi connectivity index (χ1v) is 4.61. The molecule has 1 rings (SSSR count). The van der Waals surface area contributed by atoms with E-state index in [1.165, 1.54) is 11.8 Å². The second-order valence-electron chi connectivity index (χ2n) is 3.25. The van der Waals surface area contributed by atoms with E-state index in [9.17, 15) is 9.59 Å². The molecule has 1 saturated heterocycles. The smallest absolute Gasteiger partial charge is 0.358 e. The maximum atomic E-state index is 11.5. The van der Waals surface area contributed by atoms with Crippen LogP contribution in [-0.2, 0) is 9.63 Å². The van der Waals surface area contributed by atoms with Crippen LogP contribution in [0.15, 0.2) is 12.2 Å². The normalized spacial score (nSPS) is 15.7.